The van der Waals surface area contributed by atoms with Gasteiger partial charge in [-0.3, -0.25) is 0 Å². The molecular formula is C16H22F2O. The topological polar surface area (TPSA) is 20.2 Å². The van der Waals surface area contributed by atoms with Crippen molar-refractivity contribution >= 4 is 0 Å². The van der Waals surface area contributed by atoms with Crippen molar-refractivity contribution in [3.8, 4) is 0 Å². The quantitative estimate of drug-likeness (QED) is 0.845. The number of aliphatic hydroxyl groups excluding tert-OH is 1. The lowest BCUT2D eigenvalue weighted by Gasteiger charge is -2.31. The summed E-state index contributed by atoms with van der Waals surface area (Å²) in [6, 6.07) is 3.33. The molecule has 1 atom stereocenters. The maximum absolute atomic E-state index is 13.2. The summed E-state index contributed by atoms with van der Waals surface area (Å²) in [6.45, 7) is 2.19. The van der Waals surface area contributed by atoms with Gasteiger partial charge in [-0.15, -0.1) is 0 Å². The Morgan fingerprint density at radius 2 is 1.68 bits per heavy atom. The first-order chi connectivity index (χ1) is 9.10. The lowest BCUT2D eigenvalue weighted by Crippen LogP contribution is -2.20. The second-order valence-electron chi connectivity index (χ2n) is 5.72. The summed E-state index contributed by atoms with van der Waals surface area (Å²) >= 11 is 0. The van der Waals surface area contributed by atoms with Crippen molar-refractivity contribution in [2.75, 3.05) is 0 Å². The van der Waals surface area contributed by atoms with Gasteiger partial charge in [-0.1, -0.05) is 32.6 Å². The fourth-order valence-corrected chi connectivity index (χ4v) is 3.22. The summed E-state index contributed by atoms with van der Waals surface area (Å²) in [5, 5.41) is 10.3. The van der Waals surface area contributed by atoms with Crippen LogP contribution in [0.15, 0.2) is 18.2 Å². The highest BCUT2D eigenvalue weighted by atomic mass is 19.1. The van der Waals surface area contributed by atoms with Crippen molar-refractivity contribution in [1.82, 2.24) is 0 Å². The highest BCUT2D eigenvalue weighted by Crippen LogP contribution is 2.38. The van der Waals surface area contributed by atoms with Gasteiger partial charge in [-0.25, -0.2) is 8.78 Å². The monoisotopic (exact) mass is 268 g/mol. The lowest BCUT2D eigenvalue weighted by molar-refractivity contribution is 0.0717. The minimum Gasteiger partial charge on any atom is -0.388 e. The molecule has 1 unspecified atom stereocenters. The number of hydrogen-bond donors (Lipinski definition) is 1. The molecule has 1 nitrogen and oxygen atoms in total. The number of benzene rings is 1. The molecule has 0 saturated heterocycles. The Kier molecular flexibility index (Phi) is 4.92. The van der Waals surface area contributed by atoms with E-state index in [0.29, 0.717) is 5.56 Å². The minimum absolute atomic E-state index is 0.134. The molecule has 1 aliphatic carbocycles. The molecule has 0 amide bonds. The van der Waals surface area contributed by atoms with E-state index in [2.05, 4.69) is 6.92 Å². The molecule has 106 valence electrons. The Labute approximate surface area is 113 Å². The van der Waals surface area contributed by atoms with Crippen LogP contribution in [0.1, 0.15) is 57.1 Å². The molecule has 0 aliphatic heterocycles. The molecule has 0 spiro atoms. The van der Waals surface area contributed by atoms with E-state index in [1.807, 2.05) is 0 Å². The first-order valence-corrected chi connectivity index (χ1v) is 7.24. The van der Waals surface area contributed by atoms with E-state index in [1.165, 1.54) is 25.0 Å². The van der Waals surface area contributed by atoms with E-state index in [1.54, 1.807) is 0 Å². The maximum atomic E-state index is 13.2. The minimum atomic E-state index is -0.743. The smallest absolute Gasteiger partial charge is 0.126 e. The standard InChI is InChI=1S/C16H22F2O/c1-2-3-11-4-6-12(7-5-11)16(19)13-8-14(17)10-15(18)9-13/h8-12,16,19H,2-7H2,1H3. The second-order valence-corrected chi connectivity index (χ2v) is 5.72. The predicted molar refractivity (Wildman–Crippen MR) is 71.7 cm³/mol. The molecule has 0 aromatic heterocycles. The van der Waals surface area contributed by atoms with Crippen LogP contribution in [0.5, 0.6) is 0 Å². The molecule has 2 rings (SSSR count). The molecule has 0 radical (unpaired) electrons. The predicted octanol–water partition coefficient (Wildman–Crippen LogP) is 4.60. The van der Waals surface area contributed by atoms with Gasteiger partial charge in [0.2, 0.25) is 0 Å². The third-order valence-electron chi connectivity index (χ3n) is 4.26. The van der Waals surface area contributed by atoms with Crippen molar-refractivity contribution in [1.29, 1.82) is 0 Å². The maximum Gasteiger partial charge on any atom is 0.126 e. The molecule has 19 heavy (non-hydrogen) atoms. The van der Waals surface area contributed by atoms with Gasteiger partial charge < -0.3 is 5.11 Å². The third kappa shape index (κ3) is 3.75. The normalized spacial score (nSPS) is 25.3. The van der Waals surface area contributed by atoms with Crippen LogP contribution in [0.3, 0.4) is 0 Å². The molecule has 1 aliphatic rings. The van der Waals surface area contributed by atoms with Gasteiger partial charge in [0.15, 0.2) is 0 Å². The highest BCUT2D eigenvalue weighted by molar-refractivity contribution is 5.20. The van der Waals surface area contributed by atoms with Gasteiger partial charge >= 0.3 is 0 Å². The first-order valence-electron chi connectivity index (χ1n) is 7.24. The molecule has 1 aromatic carbocycles. The Morgan fingerprint density at radius 3 is 2.21 bits per heavy atom. The van der Waals surface area contributed by atoms with Crippen LogP contribution in [-0.4, -0.2) is 5.11 Å². The van der Waals surface area contributed by atoms with E-state index in [4.69, 9.17) is 0 Å². The Hall–Kier alpha value is -0.960. The number of aliphatic hydroxyl groups is 1. The summed E-state index contributed by atoms with van der Waals surface area (Å²) in [4.78, 5) is 0. The summed E-state index contributed by atoms with van der Waals surface area (Å²) in [5.74, 6) is -0.338. The Balaban J connectivity index is 1.98. The van der Waals surface area contributed by atoms with Gasteiger partial charge in [0.1, 0.15) is 11.6 Å². The summed E-state index contributed by atoms with van der Waals surface area (Å²) < 4.78 is 26.3. The van der Waals surface area contributed by atoms with Crippen LogP contribution >= 0.6 is 0 Å². The van der Waals surface area contributed by atoms with Gasteiger partial charge in [0.05, 0.1) is 6.10 Å². The average molecular weight is 268 g/mol. The number of rotatable bonds is 4. The second kappa shape index (κ2) is 6.47. The first kappa shape index (κ1) is 14.4. The zero-order valence-corrected chi connectivity index (χ0v) is 11.4. The van der Waals surface area contributed by atoms with Crippen molar-refractivity contribution < 1.29 is 13.9 Å². The highest BCUT2D eigenvalue weighted by Gasteiger charge is 2.27. The molecule has 1 N–H and O–H groups in total. The molecule has 3 heteroatoms. The van der Waals surface area contributed by atoms with Crippen molar-refractivity contribution in [3.05, 3.63) is 35.4 Å². The summed E-state index contributed by atoms with van der Waals surface area (Å²) in [7, 11) is 0. The van der Waals surface area contributed by atoms with E-state index in [9.17, 15) is 13.9 Å². The molecule has 0 bridgehead atoms. The Bertz CT molecular complexity index is 391. The van der Waals surface area contributed by atoms with Crippen LogP contribution in [0.25, 0.3) is 0 Å². The number of hydrogen-bond acceptors (Lipinski definition) is 1. The van der Waals surface area contributed by atoms with E-state index in [-0.39, 0.29) is 5.92 Å². The van der Waals surface area contributed by atoms with Crippen LogP contribution in [0, 0.1) is 23.5 Å². The molecule has 1 aromatic rings. The molecule has 1 fully saturated rings. The van der Waals surface area contributed by atoms with Gasteiger partial charge in [0.25, 0.3) is 0 Å². The SMILES string of the molecule is CCCC1CCC(C(O)c2cc(F)cc(F)c2)CC1. The van der Waals surface area contributed by atoms with Gasteiger partial charge in [-0.2, -0.15) is 0 Å². The third-order valence-corrected chi connectivity index (χ3v) is 4.26. The van der Waals surface area contributed by atoms with E-state index in [0.717, 1.165) is 37.7 Å². The molecular weight excluding hydrogens is 246 g/mol. The average Bonchev–Trinajstić information content (AvgIpc) is 2.38. The van der Waals surface area contributed by atoms with Crippen LogP contribution < -0.4 is 0 Å². The number of halogens is 2. The van der Waals surface area contributed by atoms with Crippen LogP contribution in [-0.2, 0) is 0 Å². The van der Waals surface area contributed by atoms with E-state index < -0.39 is 17.7 Å². The van der Waals surface area contributed by atoms with Crippen molar-refractivity contribution in [2.45, 2.75) is 51.6 Å². The van der Waals surface area contributed by atoms with Crippen molar-refractivity contribution in [2.24, 2.45) is 11.8 Å². The largest absolute Gasteiger partial charge is 0.388 e. The van der Waals surface area contributed by atoms with E-state index >= 15 is 0 Å². The van der Waals surface area contributed by atoms with Crippen LogP contribution in [0.4, 0.5) is 8.78 Å². The Morgan fingerprint density at radius 1 is 1.11 bits per heavy atom. The lowest BCUT2D eigenvalue weighted by atomic mass is 9.76. The molecule has 1 saturated carbocycles. The van der Waals surface area contributed by atoms with Crippen LogP contribution in [0.2, 0.25) is 0 Å². The summed E-state index contributed by atoms with van der Waals surface area (Å²) in [6.07, 6.45) is 5.84. The summed E-state index contributed by atoms with van der Waals surface area (Å²) in [5.41, 5.74) is 0.372. The fourth-order valence-electron chi connectivity index (χ4n) is 3.22. The van der Waals surface area contributed by atoms with Crippen molar-refractivity contribution in [3.63, 3.8) is 0 Å². The zero-order valence-electron chi connectivity index (χ0n) is 11.4. The zero-order chi connectivity index (χ0) is 13.8. The molecule has 0 heterocycles. The van der Waals surface area contributed by atoms with Gasteiger partial charge in [0, 0.05) is 6.07 Å². The fraction of sp³-hybridized carbons (Fsp3) is 0.625. The van der Waals surface area contributed by atoms with Gasteiger partial charge in [-0.05, 0) is 42.4 Å².